The predicted molar refractivity (Wildman–Crippen MR) is 99.9 cm³/mol. The van der Waals surface area contributed by atoms with Crippen molar-refractivity contribution in [3.05, 3.63) is 34.1 Å². The Morgan fingerprint density at radius 3 is 3.04 bits per heavy atom. The van der Waals surface area contributed by atoms with Crippen molar-refractivity contribution in [1.29, 1.82) is 0 Å². The van der Waals surface area contributed by atoms with Crippen LogP contribution in [-0.2, 0) is 11.3 Å². The summed E-state index contributed by atoms with van der Waals surface area (Å²) in [7, 11) is 0. The average Bonchev–Trinajstić information content (AvgIpc) is 3.12. The standard InChI is InChI=1S/C17H21BrFN3O2S/c18-12-6-5-11(19)7-10(12)8-20-15(23)4-2-1-3-14-16-13(9-25-14)21-17(24)22-16/h5-7,13-14,16H,1-4,8-9H2,(H,20,23)(H2,21,22,24)/t13-,14-,16-/m0/s1. The van der Waals surface area contributed by atoms with Crippen LogP contribution in [0.2, 0.25) is 0 Å². The average molecular weight is 430 g/mol. The lowest BCUT2D eigenvalue weighted by atomic mass is 10.0. The van der Waals surface area contributed by atoms with Crippen LogP contribution in [0.3, 0.4) is 0 Å². The number of benzene rings is 1. The summed E-state index contributed by atoms with van der Waals surface area (Å²) in [6.07, 6.45) is 3.22. The van der Waals surface area contributed by atoms with Gasteiger partial charge in [-0.25, -0.2) is 9.18 Å². The zero-order valence-corrected chi connectivity index (χ0v) is 16.1. The number of fused-ring (bicyclic) bond motifs is 1. The third-order valence-corrected chi connectivity index (χ3v) is 6.85. The molecule has 5 nitrogen and oxygen atoms in total. The molecule has 1 aromatic rings. The number of amides is 3. The van der Waals surface area contributed by atoms with Crippen molar-refractivity contribution in [1.82, 2.24) is 16.0 Å². The van der Waals surface area contributed by atoms with Crippen molar-refractivity contribution in [2.45, 2.75) is 49.6 Å². The third kappa shape index (κ3) is 4.88. The number of carbonyl (C=O) groups excluding carboxylic acids is 2. The Morgan fingerprint density at radius 2 is 2.20 bits per heavy atom. The molecule has 8 heteroatoms. The maximum absolute atomic E-state index is 13.2. The summed E-state index contributed by atoms with van der Waals surface area (Å²) >= 11 is 5.24. The number of hydrogen-bond acceptors (Lipinski definition) is 3. The van der Waals surface area contributed by atoms with Crippen LogP contribution in [0.4, 0.5) is 9.18 Å². The first-order valence-corrected chi connectivity index (χ1v) is 10.3. The van der Waals surface area contributed by atoms with Gasteiger partial charge >= 0.3 is 6.03 Å². The molecular weight excluding hydrogens is 409 g/mol. The van der Waals surface area contributed by atoms with Crippen LogP contribution in [0.1, 0.15) is 31.2 Å². The highest BCUT2D eigenvalue weighted by Gasteiger charge is 2.42. The highest BCUT2D eigenvalue weighted by Crippen LogP contribution is 2.33. The minimum Gasteiger partial charge on any atom is -0.352 e. The lowest BCUT2D eigenvalue weighted by Crippen LogP contribution is -2.36. The summed E-state index contributed by atoms with van der Waals surface area (Å²) in [5, 5.41) is 9.16. The molecule has 2 fully saturated rings. The van der Waals surface area contributed by atoms with Gasteiger partial charge in [0.2, 0.25) is 5.91 Å². The minimum absolute atomic E-state index is 0.0241. The van der Waals surface area contributed by atoms with Crippen LogP contribution in [0.5, 0.6) is 0 Å². The summed E-state index contributed by atoms with van der Waals surface area (Å²) in [5.74, 6) is 0.620. The molecule has 1 aromatic carbocycles. The quantitative estimate of drug-likeness (QED) is 0.460. The first-order valence-electron chi connectivity index (χ1n) is 8.42. The Bertz CT molecular complexity index is 661. The Hall–Kier alpha value is -1.28. The summed E-state index contributed by atoms with van der Waals surface area (Å²) < 4.78 is 14.0. The molecule has 3 N–H and O–H groups in total. The fourth-order valence-electron chi connectivity index (χ4n) is 3.24. The number of unbranched alkanes of at least 4 members (excludes halogenated alkanes) is 1. The third-order valence-electron chi connectivity index (χ3n) is 4.56. The maximum atomic E-state index is 13.2. The SMILES string of the molecule is O=C(CCCC[C@@H]1SC[C@@H]2NC(=O)N[C@@H]21)NCc1cc(F)ccc1Br. The number of thioether (sulfide) groups is 1. The zero-order chi connectivity index (χ0) is 17.8. The van der Waals surface area contributed by atoms with Crippen LogP contribution in [-0.4, -0.2) is 35.0 Å². The van der Waals surface area contributed by atoms with E-state index in [2.05, 4.69) is 31.9 Å². The normalized spacial score (nSPS) is 24.6. The van der Waals surface area contributed by atoms with Crippen molar-refractivity contribution in [3.8, 4) is 0 Å². The fourth-order valence-corrected chi connectivity index (χ4v) is 5.17. The van der Waals surface area contributed by atoms with Gasteiger partial charge in [-0.3, -0.25) is 4.79 Å². The van der Waals surface area contributed by atoms with Crippen LogP contribution in [0.15, 0.2) is 22.7 Å². The van der Waals surface area contributed by atoms with Gasteiger partial charge in [-0.05, 0) is 36.6 Å². The molecule has 136 valence electrons. The largest absolute Gasteiger partial charge is 0.352 e. The molecule has 3 rings (SSSR count). The Labute approximate surface area is 159 Å². The van der Waals surface area contributed by atoms with Gasteiger partial charge in [0, 0.05) is 28.4 Å². The van der Waals surface area contributed by atoms with E-state index in [1.165, 1.54) is 12.1 Å². The molecule has 0 unspecified atom stereocenters. The van der Waals surface area contributed by atoms with Gasteiger partial charge in [0.1, 0.15) is 5.82 Å². The van der Waals surface area contributed by atoms with Crippen LogP contribution in [0.25, 0.3) is 0 Å². The first-order chi connectivity index (χ1) is 12.0. The maximum Gasteiger partial charge on any atom is 0.315 e. The number of carbonyl (C=O) groups is 2. The summed E-state index contributed by atoms with van der Waals surface area (Å²) in [6, 6.07) is 4.83. The van der Waals surface area contributed by atoms with Crippen molar-refractivity contribution in [3.63, 3.8) is 0 Å². The predicted octanol–water partition coefficient (Wildman–Crippen LogP) is 2.93. The first kappa shape index (κ1) is 18.5. The second-order valence-corrected chi connectivity index (χ2v) is 8.51. The van der Waals surface area contributed by atoms with E-state index in [1.54, 1.807) is 6.07 Å². The van der Waals surface area contributed by atoms with Crippen LogP contribution < -0.4 is 16.0 Å². The van der Waals surface area contributed by atoms with E-state index in [-0.39, 0.29) is 29.8 Å². The van der Waals surface area contributed by atoms with Gasteiger partial charge in [0.25, 0.3) is 0 Å². The van der Waals surface area contributed by atoms with Gasteiger partial charge in [0.15, 0.2) is 0 Å². The lowest BCUT2D eigenvalue weighted by Gasteiger charge is -2.16. The number of urea groups is 1. The topological polar surface area (TPSA) is 70.2 Å². The molecule has 0 aromatic heterocycles. The Balaban J connectivity index is 1.33. The molecule has 2 aliphatic heterocycles. The Kier molecular flexibility index (Phi) is 6.22. The van der Waals surface area contributed by atoms with Crippen molar-refractivity contribution >= 4 is 39.6 Å². The van der Waals surface area contributed by atoms with Crippen molar-refractivity contribution < 1.29 is 14.0 Å². The molecule has 0 aliphatic carbocycles. The molecule has 2 aliphatic rings. The fraction of sp³-hybridized carbons (Fsp3) is 0.529. The summed E-state index contributed by atoms with van der Waals surface area (Å²) in [4.78, 5) is 23.3. The van der Waals surface area contributed by atoms with E-state index < -0.39 is 0 Å². The van der Waals surface area contributed by atoms with Crippen LogP contribution >= 0.6 is 27.7 Å². The number of nitrogens with one attached hydrogen (secondary N) is 3. The summed E-state index contributed by atoms with van der Waals surface area (Å²) in [5.41, 5.74) is 0.728. The van der Waals surface area contributed by atoms with Gasteiger partial charge in [-0.15, -0.1) is 0 Å². The highest BCUT2D eigenvalue weighted by atomic mass is 79.9. The molecule has 2 saturated heterocycles. The van der Waals surface area contributed by atoms with E-state index in [0.717, 1.165) is 35.1 Å². The number of rotatable bonds is 7. The second-order valence-electron chi connectivity index (χ2n) is 6.38. The molecule has 0 spiro atoms. The molecule has 0 radical (unpaired) electrons. The van der Waals surface area contributed by atoms with Gasteiger partial charge in [-0.2, -0.15) is 11.8 Å². The number of halogens is 2. The van der Waals surface area contributed by atoms with E-state index in [4.69, 9.17) is 0 Å². The van der Waals surface area contributed by atoms with Crippen molar-refractivity contribution in [2.75, 3.05) is 5.75 Å². The molecule has 3 atom stereocenters. The Morgan fingerprint density at radius 1 is 1.36 bits per heavy atom. The number of hydrogen-bond donors (Lipinski definition) is 3. The molecule has 3 amide bonds. The molecule has 25 heavy (non-hydrogen) atoms. The van der Waals surface area contributed by atoms with E-state index in [0.29, 0.717) is 18.2 Å². The van der Waals surface area contributed by atoms with Gasteiger partial charge in [-0.1, -0.05) is 22.4 Å². The molecule has 2 heterocycles. The second kappa shape index (κ2) is 8.40. The van der Waals surface area contributed by atoms with Crippen LogP contribution in [0, 0.1) is 5.82 Å². The molecule has 0 saturated carbocycles. The molecular formula is C17H21BrFN3O2S. The van der Waals surface area contributed by atoms with E-state index in [9.17, 15) is 14.0 Å². The monoisotopic (exact) mass is 429 g/mol. The van der Waals surface area contributed by atoms with E-state index >= 15 is 0 Å². The van der Waals surface area contributed by atoms with Gasteiger partial charge in [0.05, 0.1) is 12.1 Å². The molecule has 0 bridgehead atoms. The van der Waals surface area contributed by atoms with E-state index in [1.807, 2.05) is 11.8 Å². The summed E-state index contributed by atoms with van der Waals surface area (Å²) in [6.45, 7) is 0.317. The smallest absolute Gasteiger partial charge is 0.315 e. The lowest BCUT2D eigenvalue weighted by molar-refractivity contribution is -0.121. The minimum atomic E-state index is -0.312. The highest BCUT2D eigenvalue weighted by molar-refractivity contribution is 9.10. The van der Waals surface area contributed by atoms with Gasteiger partial charge < -0.3 is 16.0 Å². The van der Waals surface area contributed by atoms with Crippen molar-refractivity contribution in [2.24, 2.45) is 0 Å². The zero-order valence-electron chi connectivity index (χ0n) is 13.7.